The number of carbonyl (C=O) groups is 1. The van der Waals surface area contributed by atoms with Crippen LogP contribution >= 0.6 is 0 Å². The van der Waals surface area contributed by atoms with Crippen molar-refractivity contribution in [1.29, 1.82) is 0 Å². The molecule has 40 heavy (non-hydrogen) atoms. The highest BCUT2D eigenvalue weighted by atomic mass is 32.2. The molecule has 1 amide bonds. The zero-order chi connectivity index (χ0) is 28.3. The van der Waals surface area contributed by atoms with Gasteiger partial charge in [0.05, 0.1) is 17.0 Å². The molecule has 3 fully saturated rings. The summed E-state index contributed by atoms with van der Waals surface area (Å²) in [6.45, 7) is 11.7. The van der Waals surface area contributed by atoms with Crippen molar-refractivity contribution in [2.75, 3.05) is 39.3 Å². The first kappa shape index (κ1) is 29.3. The van der Waals surface area contributed by atoms with E-state index in [1.807, 2.05) is 24.8 Å². The molecule has 1 aromatic carbocycles. The molecule has 0 N–H and O–H groups in total. The maximum Gasteiger partial charge on any atom is 0.257 e. The fourth-order valence-corrected chi connectivity index (χ4v) is 7.56. The topological polar surface area (TPSA) is 95.9 Å². The van der Waals surface area contributed by atoms with Crippen molar-refractivity contribution in [3.63, 3.8) is 0 Å². The Bertz CT molecular complexity index is 1160. The Hall–Kier alpha value is -2.24. The number of piperidine rings is 3. The molecule has 5 rings (SSSR count). The van der Waals surface area contributed by atoms with Crippen LogP contribution in [0.2, 0.25) is 0 Å². The van der Waals surface area contributed by atoms with Crippen LogP contribution in [0.4, 0.5) is 0 Å². The van der Waals surface area contributed by atoms with Crippen LogP contribution < -0.4 is 0 Å². The summed E-state index contributed by atoms with van der Waals surface area (Å²) in [5, 5.41) is 0. The van der Waals surface area contributed by atoms with E-state index in [9.17, 15) is 13.6 Å². The summed E-state index contributed by atoms with van der Waals surface area (Å²) in [4.78, 5) is 29.0. The van der Waals surface area contributed by atoms with Crippen LogP contribution in [0.25, 0.3) is 0 Å². The molecule has 9 nitrogen and oxygen atoms in total. The molecular formula is C30H43N6O3S-. The Labute approximate surface area is 241 Å². The maximum absolute atomic E-state index is 13.3. The molecule has 1 aromatic heterocycles. The van der Waals surface area contributed by atoms with E-state index in [2.05, 4.69) is 51.0 Å². The number of benzene rings is 1. The van der Waals surface area contributed by atoms with Gasteiger partial charge < -0.3 is 9.45 Å². The van der Waals surface area contributed by atoms with Crippen molar-refractivity contribution >= 4 is 17.2 Å². The van der Waals surface area contributed by atoms with Gasteiger partial charge in [-0.05, 0) is 64.9 Å². The number of aryl methyl sites for hydroxylation is 2. The smallest absolute Gasteiger partial charge is 0.257 e. The Morgan fingerprint density at radius 3 is 2.27 bits per heavy atom. The maximum atomic E-state index is 13.3. The number of carbonyl (C=O) groups excluding carboxylic acids is 1. The van der Waals surface area contributed by atoms with Gasteiger partial charge in [-0.3, -0.25) is 18.8 Å². The van der Waals surface area contributed by atoms with Crippen molar-refractivity contribution in [3.8, 4) is 0 Å². The molecular weight excluding hydrogens is 524 g/mol. The van der Waals surface area contributed by atoms with Crippen LogP contribution in [-0.4, -0.2) is 101 Å². The van der Waals surface area contributed by atoms with Crippen LogP contribution in [0.5, 0.6) is 0 Å². The molecule has 0 spiro atoms. The van der Waals surface area contributed by atoms with E-state index in [0.29, 0.717) is 24.7 Å². The van der Waals surface area contributed by atoms with Gasteiger partial charge >= 0.3 is 0 Å². The van der Waals surface area contributed by atoms with Crippen molar-refractivity contribution in [2.24, 2.45) is 0 Å². The van der Waals surface area contributed by atoms with E-state index in [-0.39, 0.29) is 17.5 Å². The Morgan fingerprint density at radius 2 is 1.65 bits per heavy atom. The predicted octanol–water partition coefficient (Wildman–Crippen LogP) is 3.31. The number of nitrogens with zero attached hydrogens (tertiary/aromatic N) is 6. The summed E-state index contributed by atoms with van der Waals surface area (Å²) >= 11 is -2.16. The second-order valence-corrected chi connectivity index (χ2v) is 12.9. The molecule has 2 atom stereocenters. The van der Waals surface area contributed by atoms with Crippen LogP contribution in [0.15, 0.2) is 36.7 Å². The first-order chi connectivity index (χ1) is 19.2. The molecule has 2 unspecified atom stereocenters. The zero-order valence-corrected chi connectivity index (χ0v) is 24.9. The monoisotopic (exact) mass is 567 g/mol. The van der Waals surface area contributed by atoms with Gasteiger partial charge in [-0.1, -0.05) is 30.3 Å². The lowest BCUT2D eigenvalue weighted by Gasteiger charge is -2.51. The van der Waals surface area contributed by atoms with Crippen molar-refractivity contribution < 1.29 is 13.6 Å². The fraction of sp³-hybridized carbons (Fsp3) is 0.633. The molecule has 0 saturated carbocycles. The van der Waals surface area contributed by atoms with E-state index < -0.39 is 11.3 Å². The largest absolute Gasteiger partial charge is 0.760 e. The van der Waals surface area contributed by atoms with E-state index >= 15 is 0 Å². The Balaban J connectivity index is 1.21. The van der Waals surface area contributed by atoms with E-state index in [0.717, 1.165) is 82.6 Å². The molecule has 0 radical (unpaired) electrons. The number of hydrogen-bond donors (Lipinski definition) is 0. The summed E-state index contributed by atoms with van der Waals surface area (Å²) < 4.78 is 25.1. The third kappa shape index (κ3) is 6.46. The number of hydrogen-bond acceptors (Lipinski definition) is 7. The quantitative estimate of drug-likeness (QED) is 0.474. The summed E-state index contributed by atoms with van der Waals surface area (Å²) in [6, 6.07) is 11.2. The average molecular weight is 568 g/mol. The first-order valence-corrected chi connectivity index (χ1v) is 15.7. The highest BCUT2D eigenvalue weighted by molar-refractivity contribution is 7.76. The van der Waals surface area contributed by atoms with Crippen LogP contribution in [0.3, 0.4) is 0 Å². The minimum Gasteiger partial charge on any atom is -0.760 e. The molecule has 218 valence electrons. The molecule has 10 heteroatoms. The summed E-state index contributed by atoms with van der Waals surface area (Å²) in [5.74, 6) is 0.0495. The Morgan fingerprint density at radius 1 is 1.00 bits per heavy atom. The SMILES string of the molecule is Cc1ncnc(C)c1C(=O)N1CCC(C)(N2CCC(N(Cc3ccccc3)C3CCCN(S(=O)[O-])C3)CC2)CC1. The average Bonchev–Trinajstić information content (AvgIpc) is 2.97. The third-order valence-electron chi connectivity index (χ3n) is 9.51. The van der Waals surface area contributed by atoms with Gasteiger partial charge in [-0.15, -0.1) is 0 Å². The van der Waals surface area contributed by atoms with Gasteiger partial charge in [-0.25, -0.2) is 14.3 Å². The molecule has 3 saturated heterocycles. The summed E-state index contributed by atoms with van der Waals surface area (Å²) in [6.07, 6.45) is 7.52. The van der Waals surface area contributed by atoms with Crippen LogP contribution in [0, 0.1) is 13.8 Å². The van der Waals surface area contributed by atoms with Gasteiger partial charge in [0.25, 0.3) is 5.91 Å². The predicted molar refractivity (Wildman–Crippen MR) is 155 cm³/mol. The highest BCUT2D eigenvalue weighted by Crippen LogP contribution is 2.34. The lowest BCUT2D eigenvalue weighted by Crippen LogP contribution is -2.59. The number of rotatable bonds is 7. The van der Waals surface area contributed by atoms with E-state index in [1.165, 1.54) is 11.9 Å². The van der Waals surface area contributed by atoms with E-state index in [4.69, 9.17) is 0 Å². The van der Waals surface area contributed by atoms with Crippen molar-refractivity contribution in [3.05, 3.63) is 59.2 Å². The standard InChI is InChI=1S/C30H44N6O3S/c1-23-28(24(2)32-22-31-23)29(37)33-18-13-30(3,14-19-33)34-16-11-26(12-17-34)36(20-25-8-5-4-6-9-25)27-10-7-15-35(21-27)40(38)39/h4-6,8-9,22,26-27H,7,10-21H2,1-3H3,(H,38,39)/p-1. The third-order valence-corrected chi connectivity index (χ3v) is 10.3. The number of likely N-dealkylation sites (tertiary alicyclic amines) is 2. The lowest BCUT2D eigenvalue weighted by molar-refractivity contribution is -0.0123. The number of aromatic nitrogens is 2. The molecule has 4 heterocycles. The van der Waals surface area contributed by atoms with Crippen molar-refractivity contribution in [1.82, 2.24) is 29.0 Å². The number of amides is 1. The van der Waals surface area contributed by atoms with Gasteiger partial charge in [0, 0.05) is 74.7 Å². The molecule has 3 aliphatic rings. The Kier molecular flexibility index (Phi) is 9.31. The normalized spacial score (nSPS) is 23.8. The van der Waals surface area contributed by atoms with Crippen molar-refractivity contribution in [2.45, 2.75) is 83.5 Å². The van der Waals surface area contributed by atoms with E-state index in [1.54, 1.807) is 4.31 Å². The highest BCUT2D eigenvalue weighted by Gasteiger charge is 2.40. The second-order valence-electron chi connectivity index (χ2n) is 12.0. The van der Waals surface area contributed by atoms with Gasteiger partial charge in [0.1, 0.15) is 6.33 Å². The van der Waals surface area contributed by atoms with Gasteiger partial charge in [0.15, 0.2) is 0 Å². The zero-order valence-electron chi connectivity index (χ0n) is 24.1. The van der Waals surface area contributed by atoms with Crippen LogP contribution in [-0.2, 0) is 17.8 Å². The molecule has 0 bridgehead atoms. The minimum absolute atomic E-state index is 0.0495. The fourth-order valence-electron chi connectivity index (χ4n) is 6.98. The second kappa shape index (κ2) is 12.7. The lowest BCUT2D eigenvalue weighted by atomic mass is 9.85. The minimum atomic E-state index is -2.16. The summed E-state index contributed by atoms with van der Waals surface area (Å²) in [5.41, 5.74) is 3.49. The molecule has 0 aliphatic carbocycles. The van der Waals surface area contributed by atoms with Gasteiger partial charge in [-0.2, -0.15) is 0 Å². The molecule has 2 aromatic rings. The first-order valence-electron chi connectivity index (χ1n) is 14.7. The van der Waals surface area contributed by atoms with Gasteiger partial charge in [0.2, 0.25) is 0 Å². The summed E-state index contributed by atoms with van der Waals surface area (Å²) in [7, 11) is 0. The molecule has 3 aliphatic heterocycles. The van der Waals surface area contributed by atoms with Crippen LogP contribution in [0.1, 0.15) is 72.8 Å².